The fraction of sp³-hybridized carbons (Fsp3) is 0.700. The van der Waals surface area contributed by atoms with E-state index in [4.69, 9.17) is 0 Å². The summed E-state index contributed by atoms with van der Waals surface area (Å²) < 4.78 is 0. The van der Waals surface area contributed by atoms with Gasteiger partial charge in [0.15, 0.2) is 0 Å². The van der Waals surface area contributed by atoms with Gasteiger partial charge in [0, 0.05) is 23.7 Å². The van der Waals surface area contributed by atoms with Gasteiger partial charge in [0.1, 0.15) is 0 Å². The van der Waals surface area contributed by atoms with E-state index in [1.807, 2.05) is 5.38 Å². The number of piperidine rings is 1. The van der Waals surface area contributed by atoms with Gasteiger partial charge in [0.2, 0.25) is 0 Å². The zero-order valence-electron chi connectivity index (χ0n) is 8.95. The molecule has 1 fully saturated rings. The molecule has 4 nitrogen and oxygen atoms in total. The van der Waals surface area contributed by atoms with Crippen molar-refractivity contribution in [2.75, 3.05) is 20.1 Å². The largest absolute Gasteiger partial charge is 0.315 e. The van der Waals surface area contributed by atoms with Gasteiger partial charge in [-0.3, -0.25) is 4.79 Å². The quantitative estimate of drug-likeness (QED) is 0.796. The minimum atomic E-state index is 0.0372. The van der Waals surface area contributed by atoms with E-state index in [2.05, 4.69) is 22.2 Å². The first kappa shape index (κ1) is 10.9. The Morgan fingerprint density at radius 1 is 1.60 bits per heavy atom. The molecule has 1 aliphatic rings. The van der Waals surface area contributed by atoms with Crippen molar-refractivity contribution < 1.29 is 0 Å². The van der Waals surface area contributed by atoms with Crippen molar-refractivity contribution in [2.45, 2.75) is 25.4 Å². The van der Waals surface area contributed by atoms with Gasteiger partial charge in [-0.1, -0.05) is 11.3 Å². The highest BCUT2D eigenvalue weighted by Crippen LogP contribution is 2.08. The maximum Gasteiger partial charge on any atom is 0.304 e. The minimum absolute atomic E-state index is 0.0372. The monoisotopic (exact) mass is 227 g/mol. The molecule has 2 heterocycles. The first-order valence-electron chi connectivity index (χ1n) is 5.32. The highest BCUT2D eigenvalue weighted by Gasteiger charge is 2.15. The van der Waals surface area contributed by atoms with E-state index in [1.54, 1.807) is 0 Å². The molecular weight excluding hydrogens is 210 g/mol. The lowest BCUT2D eigenvalue weighted by Crippen LogP contribution is -2.40. The zero-order valence-corrected chi connectivity index (χ0v) is 9.77. The van der Waals surface area contributed by atoms with E-state index in [1.165, 1.54) is 24.2 Å². The third kappa shape index (κ3) is 3.15. The van der Waals surface area contributed by atoms with Crippen LogP contribution in [0, 0.1) is 0 Å². The van der Waals surface area contributed by atoms with Gasteiger partial charge in [0.25, 0.3) is 0 Å². The molecule has 1 saturated heterocycles. The maximum absolute atomic E-state index is 10.9. The van der Waals surface area contributed by atoms with Crippen LogP contribution < -0.4 is 10.2 Å². The molecule has 0 aromatic carbocycles. The molecule has 5 heteroatoms. The standard InChI is InChI=1S/C10H17N3OS/c1-13-4-2-8(3-5-13)11-6-9-7-15-10(14)12-9/h7-8,11H,2-6H2,1H3,(H,12,14). The number of hydrogen-bond donors (Lipinski definition) is 2. The molecule has 2 N–H and O–H groups in total. The highest BCUT2D eigenvalue weighted by molar-refractivity contribution is 7.07. The normalized spacial score (nSPS) is 19.5. The topological polar surface area (TPSA) is 48.1 Å². The number of H-pyrrole nitrogens is 1. The van der Waals surface area contributed by atoms with Crippen LogP contribution in [0.4, 0.5) is 0 Å². The predicted octanol–water partition coefficient (Wildman–Crippen LogP) is 0.620. The fourth-order valence-corrected chi connectivity index (χ4v) is 2.45. The van der Waals surface area contributed by atoms with Crippen LogP contribution in [0.5, 0.6) is 0 Å². The summed E-state index contributed by atoms with van der Waals surface area (Å²) in [4.78, 5) is 16.1. The summed E-state index contributed by atoms with van der Waals surface area (Å²) in [6, 6.07) is 0.601. The molecule has 0 spiro atoms. The van der Waals surface area contributed by atoms with Crippen molar-refractivity contribution in [3.8, 4) is 0 Å². The Kier molecular flexibility index (Phi) is 3.56. The summed E-state index contributed by atoms with van der Waals surface area (Å²) in [7, 11) is 2.16. The molecule has 84 valence electrons. The number of hydrogen-bond acceptors (Lipinski definition) is 4. The summed E-state index contributed by atoms with van der Waals surface area (Å²) in [5.74, 6) is 0. The molecule has 0 amide bonds. The Hall–Kier alpha value is -0.650. The van der Waals surface area contributed by atoms with Crippen molar-refractivity contribution in [3.05, 3.63) is 20.7 Å². The van der Waals surface area contributed by atoms with E-state index in [9.17, 15) is 4.79 Å². The van der Waals surface area contributed by atoms with Gasteiger partial charge in [0.05, 0.1) is 0 Å². The number of thiazole rings is 1. The number of nitrogens with one attached hydrogen (secondary N) is 2. The van der Waals surface area contributed by atoms with Gasteiger partial charge in [-0.15, -0.1) is 0 Å². The van der Waals surface area contributed by atoms with Crippen molar-refractivity contribution in [2.24, 2.45) is 0 Å². The van der Waals surface area contributed by atoms with Gasteiger partial charge in [-0.2, -0.15) is 0 Å². The van der Waals surface area contributed by atoms with E-state index in [0.29, 0.717) is 6.04 Å². The second kappa shape index (κ2) is 4.92. The van der Waals surface area contributed by atoms with Crippen LogP contribution in [0.25, 0.3) is 0 Å². The Labute approximate surface area is 93.3 Å². The minimum Gasteiger partial charge on any atom is -0.315 e. The van der Waals surface area contributed by atoms with Crippen LogP contribution >= 0.6 is 11.3 Å². The Morgan fingerprint density at radius 3 is 2.93 bits per heavy atom. The molecule has 0 unspecified atom stereocenters. The molecule has 0 aliphatic carbocycles. The molecule has 0 atom stereocenters. The molecule has 0 bridgehead atoms. The predicted molar refractivity (Wildman–Crippen MR) is 62.3 cm³/mol. The maximum atomic E-state index is 10.9. The smallest absolute Gasteiger partial charge is 0.304 e. The second-order valence-corrected chi connectivity index (χ2v) is 4.97. The molecule has 1 aromatic rings. The summed E-state index contributed by atoms with van der Waals surface area (Å²) >= 11 is 1.23. The van der Waals surface area contributed by atoms with Crippen LogP contribution in [-0.4, -0.2) is 36.1 Å². The van der Waals surface area contributed by atoms with Crippen LogP contribution in [0.3, 0.4) is 0 Å². The summed E-state index contributed by atoms with van der Waals surface area (Å²) in [6.07, 6.45) is 2.40. The van der Waals surface area contributed by atoms with E-state index in [0.717, 1.165) is 25.3 Å². The number of aromatic amines is 1. The molecule has 1 aromatic heterocycles. The van der Waals surface area contributed by atoms with Crippen LogP contribution in [0.2, 0.25) is 0 Å². The number of nitrogens with zero attached hydrogens (tertiary/aromatic N) is 1. The lowest BCUT2D eigenvalue weighted by molar-refractivity contribution is 0.234. The van der Waals surface area contributed by atoms with Gasteiger partial charge in [-0.05, 0) is 33.0 Å². The molecule has 0 radical (unpaired) electrons. The third-order valence-electron chi connectivity index (χ3n) is 2.87. The Morgan fingerprint density at radius 2 is 2.33 bits per heavy atom. The lowest BCUT2D eigenvalue weighted by Gasteiger charge is -2.29. The summed E-state index contributed by atoms with van der Waals surface area (Å²) in [5.41, 5.74) is 1.00. The molecule has 2 rings (SSSR count). The van der Waals surface area contributed by atoms with Crippen LogP contribution in [-0.2, 0) is 6.54 Å². The average molecular weight is 227 g/mol. The van der Waals surface area contributed by atoms with E-state index in [-0.39, 0.29) is 4.87 Å². The van der Waals surface area contributed by atoms with Crippen LogP contribution in [0.15, 0.2) is 10.2 Å². The summed E-state index contributed by atoms with van der Waals surface area (Å²) in [6.45, 7) is 3.11. The average Bonchev–Trinajstić information content (AvgIpc) is 2.64. The van der Waals surface area contributed by atoms with Crippen molar-refractivity contribution >= 4 is 11.3 Å². The number of aromatic nitrogens is 1. The van der Waals surface area contributed by atoms with E-state index < -0.39 is 0 Å². The Balaban J connectivity index is 1.76. The lowest BCUT2D eigenvalue weighted by atomic mass is 10.1. The molecule has 15 heavy (non-hydrogen) atoms. The SMILES string of the molecule is CN1CCC(NCc2csc(=O)[nH]2)CC1. The van der Waals surface area contributed by atoms with Gasteiger partial charge >= 0.3 is 4.87 Å². The Bertz CT molecular complexity index is 352. The van der Waals surface area contributed by atoms with Gasteiger partial charge in [-0.25, -0.2) is 0 Å². The van der Waals surface area contributed by atoms with Crippen molar-refractivity contribution in [1.29, 1.82) is 0 Å². The number of likely N-dealkylation sites (tertiary alicyclic amines) is 1. The van der Waals surface area contributed by atoms with Crippen molar-refractivity contribution in [1.82, 2.24) is 15.2 Å². The zero-order chi connectivity index (χ0) is 10.7. The first-order chi connectivity index (χ1) is 7.24. The third-order valence-corrected chi connectivity index (χ3v) is 3.59. The first-order valence-corrected chi connectivity index (χ1v) is 6.20. The second-order valence-electron chi connectivity index (χ2n) is 4.13. The van der Waals surface area contributed by atoms with Crippen LogP contribution in [0.1, 0.15) is 18.5 Å². The van der Waals surface area contributed by atoms with Gasteiger partial charge < -0.3 is 15.2 Å². The fourth-order valence-electron chi connectivity index (χ4n) is 1.87. The molecule has 0 saturated carbocycles. The molecular formula is C10H17N3OS. The highest BCUT2D eigenvalue weighted by atomic mass is 32.1. The number of rotatable bonds is 3. The molecule has 1 aliphatic heterocycles. The van der Waals surface area contributed by atoms with E-state index >= 15 is 0 Å². The van der Waals surface area contributed by atoms with Crippen molar-refractivity contribution in [3.63, 3.8) is 0 Å². The summed E-state index contributed by atoms with van der Waals surface area (Å²) in [5, 5.41) is 5.37.